The number of likely N-dealkylation sites (tertiary alicyclic amines) is 1. The molecular weight excluding hydrogens is 170 g/mol. The van der Waals surface area contributed by atoms with Gasteiger partial charge in [0.05, 0.1) is 0 Å². The van der Waals surface area contributed by atoms with Gasteiger partial charge in [-0.15, -0.1) is 0 Å². The minimum absolute atomic E-state index is 0.0445. The van der Waals surface area contributed by atoms with Crippen molar-refractivity contribution in [2.75, 3.05) is 13.1 Å². The van der Waals surface area contributed by atoms with Crippen LogP contribution in [0.25, 0.3) is 0 Å². The fourth-order valence-electron chi connectivity index (χ4n) is 1.35. The number of hydrogen-bond acceptors (Lipinski definition) is 2. The molecule has 0 aliphatic carbocycles. The van der Waals surface area contributed by atoms with Crippen molar-refractivity contribution in [3.8, 4) is 0 Å². The number of thiol groups is 1. The fraction of sp³-hybridized carbons (Fsp3) is 0.889. The Morgan fingerprint density at radius 2 is 2.25 bits per heavy atom. The highest BCUT2D eigenvalue weighted by molar-refractivity contribution is 7.81. The second-order valence-corrected chi connectivity index (χ2v) is 5.26. The second-order valence-electron chi connectivity index (χ2n) is 4.05. The van der Waals surface area contributed by atoms with E-state index in [-0.39, 0.29) is 4.75 Å². The van der Waals surface area contributed by atoms with Gasteiger partial charge in [-0.25, -0.2) is 0 Å². The van der Waals surface area contributed by atoms with Gasteiger partial charge < -0.3 is 4.90 Å². The zero-order chi connectivity index (χ0) is 9.19. The molecule has 0 radical (unpaired) electrons. The highest BCUT2D eigenvalue weighted by Crippen LogP contribution is 2.19. The average Bonchev–Trinajstić information content (AvgIpc) is 2.29. The lowest BCUT2D eigenvalue weighted by Gasteiger charge is -2.22. The van der Waals surface area contributed by atoms with Crippen molar-refractivity contribution >= 4 is 18.5 Å². The largest absolute Gasteiger partial charge is 0.343 e. The van der Waals surface area contributed by atoms with Gasteiger partial charge in [-0.3, -0.25) is 4.79 Å². The first-order valence-electron chi connectivity index (χ1n) is 4.49. The van der Waals surface area contributed by atoms with Crippen LogP contribution >= 0.6 is 12.6 Å². The molecule has 0 aromatic carbocycles. The van der Waals surface area contributed by atoms with E-state index in [1.807, 2.05) is 4.90 Å². The number of carbonyl (C=O) groups excluding carboxylic acids is 1. The van der Waals surface area contributed by atoms with Crippen LogP contribution in [-0.2, 0) is 4.79 Å². The van der Waals surface area contributed by atoms with E-state index in [0.717, 1.165) is 32.4 Å². The van der Waals surface area contributed by atoms with Gasteiger partial charge in [0.25, 0.3) is 0 Å². The Kier molecular flexibility index (Phi) is 3.04. The molecule has 1 heterocycles. The van der Waals surface area contributed by atoms with Gasteiger partial charge in [0.2, 0.25) is 5.91 Å². The molecule has 2 nitrogen and oxygen atoms in total. The van der Waals surface area contributed by atoms with Crippen molar-refractivity contribution in [2.24, 2.45) is 0 Å². The topological polar surface area (TPSA) is 20.3 Å². The molecule has 0 unspecified atom stereocenters. The van der Waals surface area contributed by atoms with Gasteiger partial charge in [0.1, 0.15) is 0 Å². The first-order chi connectivity index (χ1) is 5.49. The summed E-state index contributed by atoms with van der Waals surface area (Å²) in [5.74, 6) is 0.313. The van der Waals surface area contributed by atoms with Gasteiger partial charge in [0, 0.05) is 24.3 Å². The van der Waals surface area contributed by atoms with Gasteiger partial charge in [-0.2, -0.15) is 12.6 Å². The van der Waals surface area contributed by atoms with Crippen LogP contribution in [0, 0.1) is 0 Å². The summed E-state index contributed by atoms with van der Waals surface area (Å²) >= 11 is 4.42. The summed E-state index contributed by atoms with van der Waals surface area (Å²) in [4.78, 5) is 13.1. The Bertz CT molecular complexity index is 174. The highest BCUT2D eigenvalue weighted by atomic mass is 32.1. The quantitative estimate of drug-likeness (QED) is 0.667. The normalized spacial score (nSPS) is 18.9. The molecule has 0 atom stereocenters. The monoisotopic (exact) mass is 187 g/mol. The molecule has 1 aliphatic rings. The minimum Gasteiger partial charge on any atom is -0.343 e. The van der Waals surface area contributed by atoms with Crippen LogP contribution in [0.15, 0.2) is 0 Å². The van der Waals surface area contributed by atoms with Gasteiger partial charge in [-0.05, 0) is 12.8 Å². The lowest BCUT2D eigenvalue weighted by atomic mass is 10.1. The average molecular weight is 187 g/mol. The molecule has 1 rings (SSSR count). The molecule has 70 valence electrons. The zero-order valence-corrected chi connectivity index (χ0v) is 8.73. The molecule has 3 heteroatoms. The van der Waals surface area contributed by atoms with E-state index >= 15 is 0 Å². The molecular formula is C9H17NOS. The number of hydrogen-bond donors (Lipinski definition) is 1. The SMILES string of the molecule is CC(C)(S)CCN1CCCC1=O. The second kappa shape index (κ2) is 3.69. The van der Waals surface area contributed by atoms with E-state index in [1.54, 1.807) is 0 Å². The van der Waals surface area contributed by atoms with E-state index in [1.165, 1.54) is 0 Å². The molecule has 0 bridgehead atoms. The van der Waals surface area contributed by atoms with E-state index in [4.69, 9.17) is 0 Å². The third kappa shape index (κ3) is 3.05. The first-order valence-corrected chi connectivity index (χ1v) is 4.94. The Labute approximate surface area is 79.7 Å². The number of rotatable bonds is 3. The third-order valence-electron chi connectivity index (χ3n) is 2.16. The summed E-state index contributed by atoms with van der Waals surface area (Å²) in [6.45, 7) is 5.98. The van der Waals surface area contributed by atoms with Gasteiger partial charge in [-0.1, -0.05) is 13.8 Å². The number of amides is 1. The van der Waals surface area contributed by atoms with E-state index < -0.39 is 0 Å². The number of nitrogens with zero attached hydrogens (tertiary/aromatic N) is 1. The van der Waals surface area contributed by atoms with Crippen LogP contribution in [0.2, 0.25) is 0 Å². The summed E-state index contributed by atoms with van der Waals surface area (Å²) in [7, 11) is 0. The molecule has 1 aliphatic heterocycles. The highest BCUT2D eigenvalue weighted by Gasteiger charge is 2.21. The molecule has 1 fully saturated rings. The van der Waals surface area contributed by atoms with Crippen molar-refractivity contribution in [3.63, 3.8) is 0 Å². The van der Waals surface area contributed by atoms with E-state index in [2.05, 4.69) is 26.5 Å². The van der Waals surface area contributed by atoms with Crippen LogP contribution in [0.4, 0.5) is 0 Å². The molecule has 1 amide bonds. The molecule has 0 spiro atoms. The van der Waals surface area contributed by atoms with Crippen LogP contribution in [0.1, 0.15) is 33.1 Å². The van der Waals surface area contributed by atoms with Crippen molar-refractivity contribution < 1.29 is 4.79 Å². The van der Waals surface area contributed by atoms with Crippen LogP contribution < -0.4 is 0 Å². The summed E-state index contributed by atoms with van der Waals surface area (Å²) < 4.78 is 0.0445. The summed E-state index contributed by atoms with van der Waals surface area (Å²) in [5.41, 5.74) is 0. The Balaban J connectivity index is 2.27. The molecule has 0 aromatic rings. The van der Waals surface area contributed by atoms with E-state index in [9.17, 15) is 4.79 Å². The summed E-state index contributed by atoms with van der Waals surface area (Å²) in [5, 5.41) is 0. The molecule has 0 saturated carbocycles. The van der Waals surface area contributed by atoms with Crippen LogP contribution in [0.3, 0.4) is 0 Å². The van der Waals surface area contributed by atoms with Crippen LogP contribution in [-0.4, -0.2) is 28.6 Å². The first kappa shape index (κ1) is 9.90. The molecule has 0 N–H and O–H groups in total. The lowest BCUT2D eigenvalue weighted by Crippen LogP contribution is -2.29. The smallest absolute Gasteiger partial charge is 0.222 e. The number of carbonyl (C=O) groups is 1. The predicted octanol–water partition coefficient (Wildman–Crippen LogP) is 1.71. The van der Waals surface area contributed by atoms with Crippen molar-refractivity contribution in [1.82, 2.24) is 4.90 Å². The maximum Gasteiger partial charge on any atom is 0.222 e. The van der Waals surface area contributed by atoms with Crippen molar-refractivity contribution in [1.29, 1.82) is 0 Å². The van der Waals surface area contributed by atoms with Crippen molar-refractivity contribution in [3.05, 3.63) is 0 Å². The van der Waals surface area contributed by atoms with Gasteiger partial charge in [0.15, 0.2) is 0 Å². The predicted molar refractivity (Wildman–Crippen MR) is 53.5 cm³/mol. The summed E-state index contributed by atoms with van der Waals surface area (Å²) in [6.07, 6.45) is 2.75. The van der Waals surface area contributed by atoms with Crippen LogP contribution in [0.5, 0.6) is 0 Å². The fourth-order valence-corrected chi connectivity index (χ4v) is 1.45. The zero-order valence-electron chi connectivity index (χ0n) is 7.84. The Hall–Kier alpha value is -0.180. The Morgan fingerprint density at radius 3 is 2.67 bits per heavy atom. The third-order valence-corrected chi connectivity index (χ3v) is 2.39. The van der Waals surface area contributed by atoms with Crippen molar-refractivity contribution in [2.45, 2.75) is 37.9 Å². The van der Waals surface area contributed by atoms with Gasteiger partial charge >= 0.3 is 0 Å². The maximum absolute atomic E-state index is 11.2. The maximum atomic E-state index is 11.2. The summed E-state index contributed by atoms with van der Waals surface area (Å²) in [6, 6.07) is 0. The Morgan fingerprint density at radius 1 is 1.58 bits per heavy atom. The van der Waals surface area contributed by atoms with E-state index in [0.29, 0.717) is 5.91 Å². The standard InChI is InChI=1S/C9H17NOS/c1-9(2,12)5-7-10-6-3-4-8(10)11/h12H,3-7H2,1-2H3. The molecule has 12 heavy (non-hydrogen) atoms. The minimum atomic E-state index is 0.0445. The molecule has 0 aromatic heterocycles. The molecule has 1 saturated heterocycles. The lowest BCUT2D eigenvalue weighted by molar-refractivity contribution is -0.127.